The molecule has 1 amide bonds. The molecule has 0 aliphatic carbocycles. The van der Waals surface area contributed by atoms with Gasteiger partial charge in [0.05, 0.1) is 6.54 Å². The van der Waals surface area contributed by atoms with Crippen LogP contribution in [0.1, 0.15) is 0 Å². The molecule has 0 aliphatic heterocycles. The molecule has 0 saturated heterocycles. The van der Waals surface area contributed by atoms with E-state index in [1.54, 1.807) is 0 Å². The van der Waals surface area contributed by atoms with E-state index in [1.165, 1.54) is 0 Å². The maximum atomic E-state index is 11.9. The lowest BCUT2D eigenvalue weighted by molar-refractivity contribution is -0.114. The lowest BCUT2D eigenvalue weighted by atomic mass is 10.3. The second-order valence-electron chi connectivity index (χ2n) is 4.25. The first-order valence-corrected chi connectivity index (χ1v) is 6.76. The molecule has 0 aliphatic rings. The Bertz CT molecular complexity index is 540. The molecule has 1 N–H and O–H groups in total. The highest BCUT2D eigenvalue weighted by Gasteiger charge is 2.07. The maximum Gasteiger partial charge on any atom is 0.243 e. The van der Waals surface area contributed by atoms with Crippen LogP contribution < -0.4 is 10.2 Å². The summed E-state index contributed by atoms with van der Waals surface area (Å²) in [7, 11) is 1.90. The van der Waals surface area contributed by atoms with Crippen LogP contribution >= 0.6 is 15.9 Å². The minimum atomic E-state index is -0.0336. The van der Waals surface area contributed by atoms with E-state index in [0.29, 0.717) is 6.54 Å². The summed E-state index contributed by atoms with van der Waals surface area (Å²) in [6.07, 6.45) is 0. The fraction of sp³-hybridized carbons (Fsp3) is 0.133. The third-order valence-electron chi connectivity index (χ3n) is 2.71. The Hall–Kier alpha value is -1.81. The summed E-state index contributed by atoms with van der Waals surface area (Å²) in [5, 5.41) is 2.87. The van der Waals surface area contributed by atoms with Crippen LogP contribution in [0.2, 0.25) is 0 Å². The molecule has 2 aromatic rings. The predicted octanol–water partition coefficient (Wildman–Crippen LogP) is 3.52. The molecule has 98 valence electrons. The summed E-state index contributed by atoms with van der Waals surface area (Å²) >= 11 is 3.36. The minimum Gasteiger partial charge on any atom is -0.365 e. The highest BCUT2D eigenvalue weighted by molar-refractivity contribution is 9.10. The number of hydrogen-bond acceptors (Lipinski definition) is 2. The van der Waals surface area contributed by atoms with E-state index in [2.05, 4.69) is 21.2 Å². The zero-order chi connectivity index (χ0) is 13.7. The fourth-order valence-electron chi connectivity index (χ4n) is 1.72. The minimum absolute atomic E-state index is 0.0336. The number of nitrogens with one attached hydrogen (secondary N) is 1. The molecule has 0 unspecified atom stereocenters. The molecule has 0 aromatic heterocycles. The van der Waals surface area contributed by atoms with Crippen molar-refractivity contribution in [1.82, 2.24) is 0 Å². The molecule has 2 aromatic carbocycles. The number of carbonyl (C=O) groups excluding carboxylic acids is 1. The van der Waals surface area contributed by atoms with Crippen LogP contribution in [0.5, 0.6) is 0 Å². The molecular weight excluding hydrogens is 304 g/mol. The van der Waals surface area contributed by atoms with Gasteiger partial charge in [0.15, 0.2) is 0 Å². The van der Waals surface area contributed by atoms with E-state index in [1.807, 2.05) is 66.5 Å². The van der Waals surface area contributed by atoms with Crippen LogP contribution in [0, 0.1) is 0 Å². The number of para-hydroxylation sites is 1. The smallest absolute Gasteiger partial charge is 0.243 e. The standard InChI is InChI=1S/C15H15BrN2O/c1-18(14-5-3-2-4-6-14)11-15(19)17-13-9-7-12(16)8-10-13/h2-10H,11H2,1H3,(H,17,19). The molecule has 2 rings (SSSR count). The second kappa shape index (κ2) is 6.38. The van der Waals surface area contributed by atoms with Crippen molar-refractivity contribution in [1.29, 1.82) is 0 Å². The Kier molecular flexibility index (Phi) is 4.58. The lowest BCUT2D eigenvalue weighted by Crippen LogP contribution is -2.29. The predicted molar refractivity (Wildman–Crippen MR) is 82.5 cm³/mol. The SMILES string of the molecule is CN(CC(=O)Nc1ccc(Br)cc1)c1ccccc1. The average molecular weight is 319 g/mol. The van der Waals surface area contributed by atoms with Crippen LogP contribution in [0.3, 0.4) is 0 Å². The summed E-state index contributed by atoms with van der Waals surface area (Å²) in [4.78, 5) is 13.8. The Morgan fingerprint density at radius 1 is 1.11 bits per heavy atom. The van der Waals surface area contributed by atoms with Gasteiger partial charge in [-0.15, -0.1) is 0 Å². The summed E-state index contributed by atoms with van der Waals surface area (Å²) in [6.45, 7) is 0.320. The highest BCUT2D eigenvalue weighted by Crippen LogP contribution is 2.15. The monoisotopic (exact) mass is 318 g/mol. The second-order valence-corrected chi connectivity index (χ2v) is 5.16. The van der Waals surface area contributed by atoms with Crippen LogP contribution in [0.25, 0.3) is 0 Å². The van der Waals surface area contributed by atoms with E-state index in [9.17, 15) is 4.79 Å². The summed E-state index contributed by atoms with van der Waals surface area (Å²) in [6, 6.07) is 17.4. The number of hydrogen-bond donors (Lipinski definition) is 1. The van der Waals surface area contributed by atoms with Crippen molar-refractivity contribution in [3.8, 4) is 0 Å². The zero-order valence-corrected chi connectivity index (χ0v) is 12.2. The largest absolute Gasteiger partial charge is 0.365 e. The van der Waals surface area contributed by atoms with Crippen molar-refractivity contribution in [3.05, 3.63) is 59.1 Å². The van der Waals surface area contributed by atoms with Gasteiger partial charge in [-0.3, -0.25) is 4.79 Å². The molecule has 0 saturated carbocycles. The van der Waals surface area contributed by atoms with Gasteiger partial charge in [0, 0.05) is 22.9 Å². The fourth-order valence-corrected chi connectivity index (χ4v) is 1.99. The molecule has 0 bridgehead atoms. The first kappa shape index (κ1) is 13.6. The molecule has 0 fully saturated rings. The molecule has 0 spiro atoms. The van der Waals surface area contributed by atoms with Gasteiger partial charge in [-0.05, 0) is 36.4 Å². The van der Waals surface area contributed by atoms with Crippen molar-refractivity contribution in [2.24, 2.45) is 0 Å². The zero-order valence-electron chi connectivity index (χ0n) is 10.6. The third kappa shape index (κ3) is 4.10. The maximum absolute atomic E-state index is 11.9. The molecule has 0 heterocycles. The number of rotatable bonds is 4. The van der Waals surface area contributed by atoms with E-state index in [4.69, 9.17) is 0 Å². The Labute approximate surface area is 121 Å². The van der Waals surface area contributed by atoms with Crippen LogP contribution in [-0.2, 0) is 4.79 Å². The first-order valence-electron chi connectivity index (χ1n) is 5.97. The van der Waals surface area contributed by atoms with Crippen LogP contribution in [0.15, 0.2) is 59.1 Å². The molecule has 3 nitrogen and oxygen atoms in total. The number of likely N-dealkylation sites (N-methyl/N-ethyl adjacent to an activating group) is 1. The summed E-state index contributed by atoms with van der Waals surface area (Å²) in [5.74, 6) is -0.0336. The third-order valence-corrected chi connectivity index (χ3v) is 3.23. The van der Waals surface area contributed by atoms with Crippen molar-refractivity contribution >= 4 is 33.2 Å². The number of amides is 1. The van der Waals surface area contributed by atoms with Gasteiger partial charge >= 0.3 is 0 Å². The molecule has 0 atom stereocenters. The summed E-state index contributed by atoms with van der Waals surface area (Å²) in [5.41, 5.74) is 1.82. The Morgan fingerprint density at radius 2 is 1.74 bits per heavy atom. The quantitative estimate of drug-likeness (QED) is 0.935. The highest BCUT2D eigenvalue weighted by atomic mass is 79.9. The van der Waals surface area contributed by atoms with Crippen LogP contribution in [0.4, 0.5) is 11.4 Å². The normalized spacial score (nSPS) is 10.0. The molecule has 4 heteroatoms. The van der Waals surface area contributed by atoms with Gasteiger partial charge in [-0.2, -0.15) is 0 Å². The Morgan fingerprint density at radius 3 is 2.37 bits per heavy atom. The first-order chi connectivity index (χ1) is 9.15. The average Bonchev–Trinajstić information content (AvgIpc) is 2.42. The Balaban J connectivity index is 1.93. The topological polar surface area (TPSA) is 32.3 Å². The number of benzene rings is 2. The lowest BCUT2D eigenvalue weighted by Gasteiger charge is -2.18. The number of nitrogens with zero attached hydrogens (tertiary/aromatic N) is 1. The van der Waals surface area contributed by atoms with Crippen molar-refractivity contribution in [2.45, 2.75) is 0 Å². The van der Waals surface area contributed by atoms with Crippen molar-refractivity contribution < 1.29 is 4.79 Å². The van der Waals surface area contributed by atoms with Crippen molar-refractivity contribution in [3.63, 3.8) is 0 Å². The molecular formula is C15H15BrN2O. The number of carbonyl (C=O) groups is 1. The van der Waals surface area contributed by atoms with E-state index >= 15 is 0 Å². The molecule has 0 radical (unpaired) electrons. The van der Waals surface area contributed by atoms with E-state index in [-0.39, 0.29) is 5.91 Å². The van der Waals surface area contributed by atoms with Gasteiger partial charge in [0.25, 0.3) is 0 Å². The van der Waals surface area contributed by atoms with Crippen LogP contribution in [-0.4, -0.2) is 19.5 Å². The number of halogens is 1. The molecule has 19 heavy (non-hydrogen) atoms. The van der Waals surface area contributed by atoms with Gasteiger partial charge in [-0.1, -0.05) is 34.1 Å². The van der Waals surface area contributed by atoms with Gasteiger partial charge in [-0.25, -0.2) is 0 Å². The van der Waals surface area contributed by atoms with Gasteiger partial charge in [0.2, 0.25) is 5.91 Å². The van der Waals surface area contributed by atoms with Crippen molar-refractivity contribution in [2.75, 3.05) is 23.8 Å². The van der Waals surface area contributed by atoms with Gasteiger partial charge < -0.3 is 10.2 Å². The van der Waals surface area contributed by atoms with E-state index in [0.717, 1.165) is 15.8 Å². The van der Waals surface area contributed by atoms with E-state index < -0.39 is 0 Å². The summed E-state index contributed by atoms with van der Waals surface area (Å²) < 4.78 is 0.993. The number of anilines is 2. The van der Waals surface area contributed by atoms with Gasteiger partial charge in [0.1, 0.15) is 0 Å².